The molecule has 7 heteroatoms. The molecule has 2 aromatic rings. The Morgan fingerprint density at radius 3 is 2.14 bits per heavy atom. The summed E-state index contributed by atoms with van der Waals surface area (Å²) in [6.45, 7) is 2.34. The Kier molecular flexibility index (Phi) is 6.64. The second-order valence-electron chi connectivity index (χ2n) is 7.02. The number of ketones is 1. The van der Waals surface area contributed by atoms with Crippen molar-refractivity contribution in [2.24, 2.45) is 5.92 Å². The minimum Gasteiger partial charge on any atom is -0.454 e. The molecule has 5 nitrogen and oxygen atoms in total. The molecule has 1 saturated heterocycles. The van der Waals surface area contributed by atoms with Gasteiger partial charge in [-0.25, -0.2) is 4.39 Å². The summed E-state index contributed by atoms with van der Waals surface area (Å²) in [6.07, 6.45) is 0.00360. The van der Waals surface area contributed by atoms with E-state index in [1.165, 1.54) is 24.3 Å². The molecule has 2 aromatic carbocycles. The number of ether oxygens (including phenoxy) is 1. The van der Waals surface area contributed by atoms with Crippen molar-refractivity contribution in [3.05, 3.63) is 70.5 Å². The second-order valence-corrected chi connectivity index (χ2v) is 7.46. The fraction of sp³-hybridized carbons (Fsp3) is 0.318. The lowest BCUT2D eigenvalue weighted by molar-refractivity contribution is -0.152. The first kappa shape index (κ1) is 21.0. The smallest absolute Gasteiger partial charge is 0.309 e. The zero-order chi connectivity index (χ0) is 21.0. The van der Waals surface area contributed by atoms with Gasteiger partial charge in [-0.05, 0) is 68.3 Å². The number of halogens is 2. The van der Waals surface area contributed by atoms with E-state index in [0.29, 0.717) is 42.1 Å². The predicted molar refractivity (Wildman–Crippen MR) is 106 cm³/mol. The van der Waals surface area contributed by atoms with Crippen LogP contribution in [0.3, 0.4) is 0 Å². The summed E-state index contributed by atoms with van der Waals surface area (Å²) in [5, 5.41) is 0.521. The summed E-state index contributed by atoms with van der Waals surface area (Å²) >= 11 is 5.82. The molecule has 152 valence electrons. The van der Waals surface area contributed by atoms with Crippen LogP contribution in [0.25, 0.3) is 0 Å². The van der Waals surface area contributed by atoms with Gasteiger partial charge < -0.3 is 9.64 Å². The van der Waals surface area contributed by atoms with Gasteiger partial charge >= 0.3 is 5.97 Å². The minimum atomic E-state index is -0.900. The maximum atomic E-state index is 13.0. The Morgan fingerprint density at radius 1 is 1.00 bits per heavy atom. The lowest BCUT2D eigenvalue weighted by atomic mass is 9.96. The Bertz CT molecular complexity index is 890. The van der Waals surface area contributed by atoms with Crippen molar-refractivity contribution in [1.82, 2.24) is 4.90 Å². The fourth-order valence-electron chi connectivity index (χ4n) is 3.27. The van der Waals surface area contributed by atoms with Crippen molar-refractivity contribution in [3.63, 3.8) is 0 Å². The number of carbonyl (C=O) groups is 3. The average Bonchev–Trinajstić information content (AvgIpc) is 2.74. The van der Waals surface area contributed by atoms with E-state index in [0.717, 1.165) is 0 Å². The summed E-state index contributed by atoms with van der Waals surface area (Å²) in [4.78, 5) is 38.9. The van der Waals surface area contributed by atoms with Crippen molar-refractivity contribution < 1.29 is 23.5 Å². The summed E-state index contributed by atoms with van der Waals surface area (Å²) < 4.78 is 18.4. The molecular formula is C22H21ClFNO4. The maximum Gasteiger partial charge on any atom is 0.309 e. The third-order valence-corrected chi connectivity index (χ3v) is 5.25. The standard InChI is InChI=1S/C22H21ClFNO4/c1-14(20(26)15-2-6-18(23)7-3-15)29-22(28)17-10-12-25(13-11-17)21(27)16-4-8-19(24)9-5-16/h2-9,14,17H,10-13H2,1H3/t14-/m1/s1. The predicted octanol–water partition coefficient (Wildman–Crippen LogP) is 4.15. The highest BCUT2D eigenvalue weighted by Gasteiger charge is 2.31. The van der Waals surface area contributed by atoms with Crippen molar-refractivity contribution in [2.45, 2.75) is 25.9 Å². The Balaban J connectivity index is 1.51. The van der Waals surface area contributed by atoms with E-state index in [1.807, 2.05) is 0 Å². The Labute approximate surface area is 173 Å². The lowest BCUT2D eigenvalue weighted by Gasteiger charge is -2.31. The minimum absolute atomic E-state index is 0.192. The normalized spacial score (nSPS) is 15.6. The molecule has 0 bridgehead atoms. The molecule has 29 heavy (non-hydrogen) atoms. The van der Waals surface area contributed by atoms with Crippen LogP contribution in [0.15, 0.2) is 48.5 Å². The molecule has 1 heterocycles. The number of rotatable bonds is 5. The lowest BCUT2D eigenvalue weighted by Crippen LogP contribution is -2.41. The third-order valence-electron chi connectivity index (χ3n) is 5.00. The number of amides is 1. The van der Waals surface area contributed by atoms with Gasteiger partial charge in [0.15, 0.2) is 6.10 Å². The van der Waals surface area contributed by atoms with E-state index >= 15 is 0 Å². The second kappa shape index (κ2) is 9.18. The SMILES string of the molecule is C[C@@H](OC(=O)C1CCN(C(=O)c2ccc(F)cc2)CC1)C(=O)c1ccc(Cl)cc1. The van der Waals surface area contributed by atoms with Crippen molar-refractivity contribution in [1.29, 1.82) is 0 Å². The van der Waals surface area contributed by atoms with Gasteiger partial charge in [-0.3, -0.25) is 14.4 Å². The number of Topliss-reactive ketones (excluding diaryl/α,β-unsaturated/α-hetero) is 1. The topological polar surface area (TPSA) is 63.7 Å². The third kappa shape index (κ3) is 5.21. The molecule has 1 aliphatic heterocycles. The van der Waals surface area contributed by atoms with E-state index < -0.39 is 17.9 Å². The highest BCUT2D eigenvalue weighted by molar-refractivity contribution is 6.30. The molecule has 3 rings (SSSR count). The number of hydrogen-bond donors (Lipinski definition) is 0. The monoisotopic (exact) mass is 417 g/mol. The first-order chi connectivity index (χ1) is 13.8. The highest BCUT2D eigenvalue weighted by atomic mass is 35.5. The number of hydrogen-bond acceptors (Lipinski definition) is 4. The van der Waals surface area contributed by atoms with Crippen LogP contribution >= 0.6 is 11.6 Å². The van der Waals surface area contributed by atoms with Gasteiger partial charge in [0.25, 0.3) is 5.91 Å². The summed E-state index contributed by atoms with van der Waals surface area (Å²) in [7, 11) is 0. The first-order valence-electron chi connectivity index (χ1n) is 9.40. The molecule has 1 aliphatic rings. The van der Waals surface area contributed by atoms with E-state index in [9.17, 15) is 18.8 Å². The van der Waals surface area contributed by atoms with Gasteiger partial charge in [0.1, 0.15) is 5.82 Å². The number of piperidine rings is 1. The highest BCUT2D eigenvalue weighted by Crippen LogP contribution is 2.22. The van der Waals surface area contributed by atoms with E-state index in [1.54, 1.807) is 36.1 Å². The van der Waals surface area contributed by atoms with E-state index in [-0.39, 0.29) is 17.6 Å². The van der Waals surface area contributed by atoms with Crippen molar-refractivity contribution in [3.8, 4) is 0 Å². The van der Waals surface area contributed by atoms with Crippen molar-refractivity contribution >= 4 is 29.3 Å². The molecular weight excluding hydrogens is 397 g/mol. The molecule has 0 aromatic heterocycles. The Morgan fingerprint density at radius 2 is 1.55 bits per heavy atom. The van der Waals surface area contributed by atoms with Gasteiger partial charge in [-0.15, -0.1) is 0 Å². The molecule has 0 unspecified atom stereocenters. The molecule has 0 saturated carbocycles. The fourth-order valence-corrected chi connectivity index (χ4v) is 3.39. The quantitative estimate of drug-likeness (QED) is 0.541. The van der Waals surface area contributed by atoms with Crippen molar-refractivity contribution in [2.75, 3.05) is 13.1 Å². The van der Waals surface area contributed by atoms with Crippen LogP contribution in [0, 0.1) is 11.7 Å². The van der Waals surface area contributed by atoms with E-state index in [2.05, 4.69) is 0 Å². The van der Waals surface area contributed by atoms with Crippen LogP contribution in [0.4, 0.5) is 4.39 Å². The molecule has 0 N–H and O–H groups in total. The van der Waals surface area contributed by atoms with Crippen LogP contribution in [0.5, 0.6) is 0 Å². The molecule has 1 amide bonds. The molecule has 1 fully saturated rings. The number of carbonyl (C=O) groups excluding carboxylic acids is 3. The van der Waals surface area contributed by atoms with Crippen LogP contribution in [-0.2, 0) is 9.53 Å². The summed E-state index contributed by atoms with van der Waals surface area (Å²) in [5.41, 5.74) is 0.837. The van der Waals surface area contributed by atoms with Gasteiger partial charge in [0, 0.05) is 29.2 Å². The maximum absolute atomic E-state index is 13.0. The van der Waals surface area contributed by atoms with Gasteiger partial charge in [0.05, 0.1) is 5.92 Å². The number of esters is 1. The largest absolute Gasteiger partial charge is 0.454 e. The number of benzene rings is 2. The van der Waals surface area contributed by atoms with Gasteiger partial charge in [-0.1, -0.05) is 11.6 Å². The van der Waals surface area contributed by atoms with Crippen LogP contribution < -0.4 is 0 Å². The van der Waals surface area contributed by atoms with Gasteiger partial charge in [0.2, 0.25) is 5.78 Å². The van der Waals surface area contributed by atoms with E-state index in [4.69, 9.17) is 16.3 Å². The van der Waals surface area contributed by atoms with Crippen LogP contribution in [0.1, 0.15) is 40.5 Å². The number of likely N-dealkylation sites (tertiary alicyclic amines) is 1. The molecule has 0 aliphatic carbocycles. The van der Waals surface area contributed by atoms with Crippen LogP contribution in [-0.4, -0.2) is 41.8 Å². The Hall–Kier alpha value is -2.73. The first-order valence-corrected chi connectivity index (χ1v) is 9.78. The van der Waals surface area contributed by atoms with Gasteiger partial charge in [-0.2, -0.15) is 0 Å². The molecule has 0 spiro atoms. The average molecular weight is 418 g/mol. The molecule has 0 radical (unpaired) electrons. The number of nitrogens with zero attached hydrogens (tertiary/aromatic N) is 1. The van der Waals surface area contributed by atoms with Crippen LogP contribution in [0.2, 0.25) is 5.02 Å². The summed E-state index contributed by atoms with van der Waals surface area (Å²) in [5.74, 6) is -1.69. The zero-order valence-corrected chi connectivity index (χ0v) is 16.7. The zero-order valence-electron chi connectivity index (χ0n) is 15.9. The molecule has 1 atom stereocenters. The summed E-state index contributed by atoms with van der Waals surface area (Å²) in [6, 6.07) is 11.8.